The Hall–Kier alpha value is -3.32. The van der Waals surface area contributed by atoms with E-state index in [0.29, 0.717) is 25.3 Å². The molecule has 2 aliphatic rings. The number of anilines is 1. The Balaban J connectivity index is 1.51. The van der Waals surface area contributed by atoms with Gasteiger partial charge in [0.1, 0.15) is 24.1 Å². The second kappa shape index (κ2) is 9.04. The number of fused-ring (bicyclic) bond motifs is 1. The molecule has 1 amide bonds. The molecule has 0 spiro atoms. The van der Waals surface area contributed by atoms with Crippen molar-refractivity contribution in [2.45, 2.75) is 56.1 Å². The molecular weight excluding hydrogens is 472 g/mol. The third-order valence-electron chi connectivity index (χ3n) is 6.59. The van der Waals surface area contributed by atoms with Gasteiger partial charge in [-0.15, -0.1) is 0 Å². The minimum absolute atomic E-state index is 0.150. The van der Waals surface area contributed by atoms with E-state index in [0.717, 1.165) is 11.0 Å². The second-order valence-electron chi connectivity index (χ2n) is 8.85. The first-order chi connectivity index (χ1) is 16.7. The Kier molecular flexibility index (Phi) is 6.05. The van der Waals surface area contributed by atoms with Gasteiger partial charge in [-0.25, -0.2) is 27.5 Å². The van der Waals surface area contributed by atoms with Crippen molar-refractivity contribution in [3.05, 3.63) is 47.2 Å². The predicted octanol–water partition coefficient (Wildman–Crippen LogP) is 2.38. The molecule has 1 saturated carbocycles. The molecule has 3 aromatic rings. The molecule has 0 unspecified atom stereocenters. The second-order valence-corrected chi connectivity index (χ2v) is 8.85. The number of H-pyrrole nitrogens is 1. The van der Waals surface area contributed by atoms with Crippen LogP contribution in [0.2, 0.25) is 0 Å². The highest BCUT2D eigenvalue weighted by atomic mass is 19.2. The molecule has 3 heterocycles. The summed E-state index contributed by atoms with van der Waals surface area (Å²) in [6, 6.07) is -0.699. The predicted molar refractivity (Wildman–Crippen MR) is 115 cm³/mol. The van der Waals surface area contributed by atoms with Crippen LogP contribution in [0.1, 0.15) is 47.8 Å². The maximum absolute atomic E-state index is 14.5. The van der Waals surface area contributed by atoms with Crippen LogP contribution in [0.15, 0.2) is 18.5 Å². The first-order valence-corrected chi connectivity index (χ1v) is 11.2. The van der Waals surface area contributed by atoms with Gasteiger partial charge in [-0.1, -0.05) is 0 Å². The molecule has 9 nitrogen and oxygen atoms in total. The largest absolute Gasteiger partial charge is 0.390 e. The van der Waals surface area contributed by atoms with E-state index < -0.39 is 65.9 Å². The number of hydrogen-bond donors (Lipinski definition) is 4. The molecule has 13 heteroatoms. The minimum Gasteiger partial charge on any atom is -0.390 e. The molecule has 4 N–H and O–H groups in total. The van der Waals surface area contributed by atoms with Crippen LogP contribution in [-0.4, -0.2) is 72.2 Å². The third kappa shape index (κ3) is 4.18. The fourth-order valence-corrected chi connectivity index (χ4v) is 4.87. The van der Waals surface area contributed by atoms with E-state index in [-0.39, 0.29) is 29.0 Å². The van der Waals surface area contributed by atoms with Gasteiger partial charge in [0, 0.05) is 18.1 Å². The van der Waals surface area contributed by atoms with Crippen LogP contribution in [0.3, 0.4) is 0 Å². The SMILES string of the molecule is O=C(c1n[nH]c2ncnc(N[C@@H]3CCC[C@@H](O)[C@H]3O)c12)N1C[C@@H](F)C[C@@H]1c1cc(F)cc(F)c1F. The number of amides is 1. The van der Waals surface area contributed by atoms with E-state index in [9.17, 15) is 32.6 Å². The Labute approximate surface area is 196 Å². The zero-order chi connectivity index (χ0) is 24.9. The van der Waals surface area contributed by atoms with Gasteiger partial charge in [-0.2, -0.15) is 5.10 Å². The summed E-state index contributed by atoms with van der Waals surface area (Å²) in [6.07, 6.45) is -1.03. The van der Waals surface area contributed by atoms with Crippen molar-refractivity contribution in [2.75, 3.05) is 11.9 Å². The maximum atomic E-state index is 14.5. The van der Waals surface area contributed by atoms with E-state index >= 15 is 0 Å². The van der Waals surface area contributed by atoms with Gasteiger partial charge in [-0.05, 0) is 25.3 Å². The third-order valence-corrected chi connectivity index (χ3v) is 6.59. The molecule has 0 bridgehead atoms. The highest BCUT2D eigenvalue weighted by Crippen LogP contribution is 2.38. The average molecular weight is 494 g/mol. The number of halogens is 4. The number of hydrogen-bond acceptors (Lipinski definition) is 7. The minimum atomic E-state index is -1.55. The van der Waals surface area contributed by atoms with Crippen LogP contribution in [0.25, 0.3) is 11.0 Å². The number of aliphatic hydroxyl groups excluding tert-OH is 2. The summed E-state index contributed by atoms with van der Waals surface area (Å²) in [5.41, 5.74) is -0.498. The van der Waals surface area contributed by atoms with E-state index in [4.69, 9.17) is 0 Å². The van der Waals surface area contributed by atoms with Gasteiger partial charge >= 0.3 is 0 Å². The fourth-order valence-electron chi connectivity index (χ4n) is 4.87. The summed E-state index contributed by atoms with van der Waals surface area (Å²) in [4.78, 5) is 22.7. The number of rotatable bonds is 4. The van der Waals surface area contributed by atoms with Gasteiger partial charge in [0.05, 0.1) is 36.2 Å². The van der Waals surface area contributed by atoms with Crippen LogP contribution in [0.4, 0.5) is 23.4 Å². The molecule has 1 aliphatic carbocycles. The van der Waals surface area contributed by atoms with E-state index in [1.807, 2.05) is 0 Å². The van der Waals surface area contributed by atoms with E-state index in [1.165, 1.54) is 6.33 Å². The van der Waals surface area contributed by atoms with Crippen LogP contribution in [-0.2, 0) is 0 Å². The van der Waals surface area contributed by atoms with E-state index in [1.54, 1.807) is 0 Å². The highest BCUT2D eigenvalue weighted by molar-refractivity contribution is 6.07. The molecule has 1 aliphatic heterocycles. The number of benzene rings is 1. The number of aromatic amines is 1. The Morgan fingerprint density at radius 1 is 1.17 bits per heavy atom. The average Bonchev–Trinajstić information content (AvgIpc) is 3.43. The van der Waals surface area contributed by atoms with Crippen molar-refractivity contribution >= 4 is 22.8 Å². The number of alkyl halides is 1. The lowest BCUT2D eigenvalue weighted by Crippen LogP contribution is -2.45. The molecule has 1 aromatic carbocycles. The Bertz CT molecular complexity index is 1270. The van der Waals surface area contributed by atoms with Crippen molar-refractivity contribution in [3.8, 4) is 0 Å². The highest BCUT2D eigenvalue weighted by Gasteiger charge is 2.40. The topological polar surface area (TPSA) is 127 Å². The van der Waals surface area contributed by atoms with Crippen molar-refractivity contribution in [1.82, 2.24) is 25.1 Å². The standard InChI is InChI=1S/C22H22F4N6O3/c23-9-4-11(17(26)12(25)5-9)14-6-10(24)7-32(14)22(35)18-16-20(27-8-28-21(16)31-30-18)29-13-2-1-3-15(33)19(13)34/h4-5,8,10,13-15,19,33-34H,1-3,6-7H2,(H2,27,28,29,30,31)/t10-,13+,14+,15+,19-/m0/s1. The smallest absolute Gasteiger partial charge is 0.275 e. The van der Waals surface area contributed by atoms with Crippen molar-refractivity contribution in [1.29, 1.82) is 0 Å². The zero-order valence-electron chi connectivity index (χ0n) is 18.3. The molecule has 35 heavy (non-hydrogen) atoms. The van der Waals surface area contributed by atoms with Gasteiger partial charge in [0.2, 0.25) is 0 Å². The summed E-state index contributed by atoms with van der Waals surface area (Å²) < 4.78 is 56.6. The van der Waals surface area contributed by atoms with Crippen molar-refractivity contribution < 1.29 is 32.6 Å². The van der Waals surface area contributed by atoms with Crippen molar-refractivity contribution in [3.63, 3.8) is 0 Å². The fraction of sp³-hybridized carbons (Fsp3) is 0.455. The summed E-state index contributed by atoms with van der Waals surface area (Å²) in [5, 5.41) is 30.1. The summed E-state index contributed by atoms with van der Waals surface area (Å²) in [6.45, 7) is -0.431. The number of carbonyl (C=O) groups is 1. The molecule has 5 atom stereocenters. The number of likely N-dealkylation sites (tertiary alicyclic amines) is 1. The van der Waals surface area contributed by atoms with Crippen LogP contribution >= 0.6 is 0 Å². The van der Waals surface area contributed by atoms with Crippen molar-refractivity contribution in [2.24, 2.45) is 0 Å². The molecule has 0 radical (unpaired) electrons. The molecule has 5 rings (SSSR count). The van der Waals surface area contributed by atoms with Gasteiger partial charge in [0.25, 0.3) is 5.91 Å². The van der Waals surface area contributed by atoms with Gasteiger partial charge in [0.15, 0.2) is 23.0 Å². The maximum Gasteiger partial charge on any atom is 0.275 e. The van der Waals surface area contributed by atoms with Gasteiger partial charge < -0.3 is 20.4 Å². The number of aliphatic hydroxyl groups is 2. The molecule has 1 saturated heterocycles. The quantitative estimate of drug-likeness (QED) is 0.324. The number of nitrogens with zero attached hydrogens (tertiary/aromatic N) is 4. The van der Waals surface area contributed by atoms with Gasteiger partial charge in [-0.3, -0.25) is 9.89 Å². The summed E-state index contributed by atoms with van der Waals surface area (Å²) >= 11 is 0. The van der Waals surface area contributed by atoms with E-state index in [2.05, 4.69) is 25.5 Å². The summed E-state index contributed by atoms with van der Waals surface area (Å²) in [5.74, 6) is -4.50. The first kappa shape index (κ1) is 23.4. The Morgan fingerprint density at radius 2 is 1.97 bits per heavy atom. The van der Waals surface area contributed by atoms with Crippen LogP contribution in [0.5, 0.6) is 0 Å². The molecule has 2 fully saturated rings. The number of aromatic nitrogens is 4. The summed E-state index contributed by atoms with van der Waals surface area (Å²) in [7, 11) is 0. The number of carbonyl (C=O) groups excluding carboxylic acids is 1. The lowest BCUT2D eigenvalue weighted by atomic mass is 9.90. The first-order valence-electron chi connectivity index (χ1n) is 11.2. The normalized spacial score (nSPS) is 26.9. The Morgan fingerprint density at radius 3 is 2.77 bits per heavy atom. The molecule has 2 aromatic heterocycles. The van der Waals surface area contributed by atoms with Crippen LogP contribution < -0.4 is 5.32 Å². The lowest BCUT2D eigenvalue weighted by Gasteiger charge is -2.32. The zero-order valence-corrected chi connectivity index (χ0v) is 18.3. The monoisotopic (exact) mass is 494 g/mol. The number of nitrogens with one attached hydrogen (secondary N) is 2. The lowest BCUT2D eigenvalue weighted by molar-refractivity contribution is -0.0161. The van der Waals surface area contributed by atoms with Crippen LogP contribution in [0, 0.1) is 17.5 Å². The molecular formula is C22H22F4N6O3. The molecule has 186 valence electrons.